The number of alkyl halides is 1. The minimum Gasteiger partial charge on any atom is -0.379 e. The molecule has 11 heavy (non-hydrogen) atoms. The molecule has 0 amide bonds. The standard InChI is InChI=1S/C7H12FNO.ClH/c8-6-3-7(9-4-6)1-2-10-5-7;/h6,9H,1-5H2;1H. The number of hydrogen-bond donors (Lipinski definition) is 1. The highest BCUT2D eigenvalue weighted by Crippen LogP contribution is 2.29. The van der Waals surface area contributed by atoms with Gasteiger partial charge in [-0.25, -0.2) is 4.39 Å². The van der Waals surface area contributed by atoms with Crippen LogP contribution in [0.2, 0.25) is 0 Å². The molecular formula is C7H13ClFNO. The summed E-state index contributed by atoms with van der Waals surface area (Å²) in [7, 11) is 0. The molecule has 2 unspecified atom stereocenters. The van der Waals surface area contributed by atoms with Gasteiger partial charge in [-0.3, -0.25) is 0 Å². The molecule has 0 radical (unpaired) electrons. The Kier molecular flexibility index (Phi) is 2.73. The van der Waals surface area contributed by atoms with E-state index in [-0.39, 0.29) is 17.9 Å². The van der Waals surface area contributed by atoms with Crippen molar-refractivity contribution in [3.05, 3.63) is 0 Å². The normalized spacial score (nSPS) is 42.8. The molecule has 2 aliphatic rings. The molecule has 1 spiro atoms. The fourth-order valence-electron chi connectivity index (χ4n) is 1.80. The second-order valence-corrected chi connectivity index (χ2v) is 3.27. The number of halogens is 2. The topological polar surface area (TPSA) is 21.3 Å². The maximum absolute atomic E-state index is 12.7. The molecule has 2 saturated heterocycles. The van der Waals surface area contributed by atoms with E-state index < -0.39 is 6.17 Å². The summed E-state index contributed by atoms with van der Waals surface area (Å²) in [6.07, 6.45) is 0.974. The lowest BCUT2D eigenvalue weighted by atomic mass is 9.97. The van der Waals surface area contributed by atoms with Crippen molar-refractivity contribution in [2.45, 2.75) is 24.6 Å². The highest BCUT2D eigenvalue weighted by Gasteiger charge is 2.41. The van der Waals surface area contributed by atoms with Crippen molar-refractivity contribution in [3.8, 4) is 0 Å². The molecule has 2 rings (SSSR count). The number of rotatable bonds is 0. The summed E-state index contributed by atoms with van der Waals surface area (Å²) >= 11 is 0. The summed E-state index contributed by atoms with van der Waals surface area (Å²) in [4.78, 5) is 0. The summed E-state index contributed by atoms with van der Waals surface area (Å²) < 4.78 is 17.9. The van der Waals surface area contributed by atoms with Crippen LogP contribution in [-0.2, 0) is 4.74 Å². The van der Waals surface area contributed by atoms with Gasteiger partial charge in [0.05, 0.1) is 6.61 Å². The first-order chi connectivity index (χ1) is 4.81. The van der Waals surface area contributed by atoms with Crippen LogP contribution in [0.4, 0.5) is 4.39 Å². The SMILES string of the molecule is Cl.FC1CNC2(CCOC2)C1. The van der Waals surface area contributed by atoms with Crippen LogP contribution in [-0.4, -0.2) is 31.5 Å². The van der Waals surface area contributed by atoms with Gasteiger partial charge in [-0.15, -0.1) is 12.4 Å². The molecule has 4 heteroatoms. The molecule has 0 saturated carbocycles. The van der Waals surface area contributed by atoms with Crippen LogP contribution in [0.3, 0.4) is 0 Å². The van der Waals surface area contributed by atoms with Gasteiger partial charge in [0, 0.05) is 25.1 Å². The Bertz CT molecular complexity index is 138. The highest BCUT2D eigenvalue weighted by atomic mass is 35.5. The van der Waals surface area contributed by atoms with Crippen LogP contribution in [0.1, 0.15) is 12.8 Å². The van der Waals surface area contributed by atoms with E-state index in [4.69, 9.17) is 4.74 Å². The lowest BCUT2D eigenvalue weighted by Crippen LogP contribution is -2.39. The molecule has 2 atom stereocenters. The molecule has 1 N–H and O–H groups in total. The van der Waals surface area contributed by atoms with Crippen molar-refractivity contribution in [2.24, 2.45) is 0 Å². The van der Waals surface area contributed by atoms with Crippen LogP contribution < -0.4 is 5.32 Å². The molecule has 2 nitrogen and oxygen atoms in total. The molecule has 2 heterocycles. The van der Waals surface area contributed by atoms with Gasteiger partial charge in [-0.2, -0.15) is 0 Å². The summed E-state index contributed by atoms with van der Waals surface area (Å²) in [6, 6.07) is 0. The van der Waals surface area contributed by atoms with E-state index in [1.807, 2.05) is 0 Å². The van der Waals surface area contributed by atoms with Crippen molar-refractivity contribution < 1.29 is 9.13 Å². The summed E-state index contributed by atoms with van der Waals surface area (Å²) in [5, 5.41) is 3.18. The van der Waals surface area contributed by atoms with E-state index in [0.717, 1.165) is 13.0 Å². The minimum absolute atomic E-state index is 0. The molecule has 0 aromatic rings. The molecular weight excluding hydrogens is 169 g/mol. The Morgan fingerprint density at radius 3 is 2.82 bits per heavy atom. The van der Waals surface area contributed by atoms with E-state index >= 15 is 0 Å². The second kappa shape index (κ2) is 3.25. The molecule has 0 bridgehead atoms. The number of hydrogen-bond acceptors (Lipinski definition) is 2. The minimum atomic E-state index is -0.651. The molecule has 2 aliphatic heterocycles. The van der Waals surface area contributed by atoms with Gasteiger partial charge in [-0.1, -0.05) is 0 Å². The van der Waals surface area contributed by atoms with Crippen molar-refractivity contribution in [1.82, 2.24) is 5.32 Å². The van der Waals surface area contributed by atoms with Gasteiger partial charge in [0.25, 0.3) is 0 Å². The van der Waals surface area contributed by atoms with E-state index in [0.29, 0.717) is 19.6 Å². The number of ether oxygens (including phenoxy) is 1. The Hall–Kier alpha value is 0.140. The molecule has 0 aromatic carbocycles. The highest BCUT2D eigenvalue weighted by molar-refractivity contribution is 5.85. The zero-order valence-corrected chi connectivity index (χ0v) is 7.12. The average molecular weight is 182 g/mol. The average Bonchev–Trinajstić information content (AvgIpc) is 2.46. The maximum atomic E-state index is 12.7. The molecule has 0 aliphatic carbocycles. The first kappa shape index (κ1) is 9.23. The fraction of sp³-hybridized carbons (Fsp3) is 1.00. The van der Waals surface area contributed by atoms with Crippen LogP contribution >= 0.6 is 12.4 Å². The van der Waals surface area contributed by atoms with Crippen LogP contribution in [0.25, 0.3) is 0 Å². The van der Waals surface area contributed by atoms with Gasteiger partial charge < -0.3 is 10.1 Å². The van der Waals surface area contributed by atoms with Crippen molar-refractivity contribution in [1.29, 1.82) is 0 Å². The maximum Gasteiger partial charge on any atom is 0.114 e. The van der Waals surface area contributed by atoms with Crippen LogP contribution in [0.15, 0.2) is 0 Å². The van der Waals surface area contributed by atoms with E-state index in [1.165, 1.54) is 0 Å². The Morgan fingerprint density at radius 2 is 2.36 bits per heavy atom. The van der Waals surface area contributed by atoms with Crippen molar-refractivity contribution in [2.75, 3.05) is 19.8 Å². The van der Waals surface area contributed by atoms with Crippen LogP contribution in [0.5, 0.6) is 0 Å². The molecule has 66 valence electrons. The zero-order chi connectivity index (χ0) is 7.03. The summed E-state index contributed by atoms with van der Waals surface area (Å²) in [6.45, 7) is 2.01. The summed E-state index contributed by atoms with van der Waals surface area (Å²) in [5.41, 5.74) is 0.0133. The molecule has 0 aromatic heterocycles. The van der Waals surface area contributed by atoms with E-state index in [9.17, 15) is 4.39 Å². The predicted octanol–water partition coefficient (Wildman–Crippen LogP) is 0.899. The van der Waals surface area contributed by atoms with Gasteiger partial charge in [0.1, 0.15) is 6.17 Å². The monoisotopic (exact) mass is 181 g/mol. The van der Waals surface area contributed by atoms with Crippen molar-refractivity contribution >= 4 is 12.4 Å². The number of nitrogens with one attached hydrogen (secondary N) is 1. The second-order valence-electron chi connectivity index (χ2n) is 3.27. The van der Waals surface area contributed by atoms with Gasteiger partial charge in [-0.05, 0) is 6.42 Å². The van der Waals surface area contributed by atoms with E-state index in [1.54, 1.807) is 0 Å². The quantitative estimate of drug-likeness (QED) is 0.600. The Morgan fingerprint density at radius 1 is 1.55 bits per heavy atom. The lowest BCUT2D eigenvalue weighted by Gasteiger charge is -2.19. The van der Waals surface area contributed by atoms with Crippen molar-refractivity contribution in [3.63, 3.8) is 0 Å². The lowest BCUT2D eigenvalue weighted by molar-refractivity contribution is 0.170. The summed E-state index contributed by atoms with van der Waals surface area (Å²) in [5.74, 6) is 0. The van der Waals surface area contributed by atoms with Gasteiger partial charge >= 0.3 is 0 Å². The third-order valence-corrected chi connectivity index (χ3v) is 2.41. The Balaban J connectivity index is 0.000000605. The Labute approximate surface area is 71.9 Å². The third kappa shape index (κ3) is 1.66. The molecule has 2 fully saturated rings. The first-order valence-electron chi connectivity index (χ1n) is 3.78. The zero-order valence-electron chi connectivity index (χ0n) is 6.31. The third-order valence-electron chi connectivity index (χ3n) is 2.41. The predicted molar refractivity (Wildman–Crippen MR) is 42.9 cm³/mol. The van der Waals surface area contributed by atoms with Gasteiger partial charge in [0.2, 0.25) is 0 Å². The van der Waals surface area contributed by atoms with E-state index in [2.05, 4.69) is 5.32 Å². The smallest absolute Gasteiger partial charge is 0.114 e. The first-order valence-corrected chi connectivity index (χ1v) is 3.78. The fourth-order valence-corrected chi connectivity index (χ4v) is 1.80. The van der Waals surface area contributed by atoms with Crippen LogP contribution in [0, 0.1) is 0 Å². The van der Waals surface area contributed by atoms with Gasteiger partial charge in [0.15, 0.2) is 0 Å². The largest absolute Gasteiger partial charge is 0.379 e.